The van der Waals surface area contributed by atoms with Gasteiger partial charge in [-0.25, -0.2) is 4.98 Å². The number of fused-ring (bicyclic) bond motifs is 1. The minimum absolute atomic E-state index is 0.0932. The molecule has 0 aliphatic rings. The molecule has 0 aliphatic carbocycles. The first-order valence-electron chi connectivity index (χ1n) is 9.36. The highest BCUT2D eigenvalue weighted by Gasteiger charge is 2.12. The first-order valence-corrected chi connectivity index (χ1v) is 9.74. The minimum Gasteiger partial charge on any atom is -0.348 e. The van der Waals surface area contributed by atoms with Crippen LogP contribution in [0.5, 0.6) is 0 Å². The van der Waals surface area contributed by atoms with Gasteiger partial charge in [-0.3, -0.25) is 14.2 Å². The minimum atomic E-state index is -0.284. The third-order valence-corrected chi connectivity index (χ3v) is 4.84. The molecule has 1 N–H and O–H groups in total. The van der Waals surface area contributed by atoms with Crippen molar-refractivity contribution in [2.24, 2.45) is 5.92 Å². The number of halogens is 1. The Morgan fingerprint density at radius 2 is 1.86 bits per heavy atom. The number of benzene rings is 2. The average Bonchev–Trinajstić information content (AvgIpc) is 2.64. The number of hydrogen-bond acceptors (Lipinski definition) is 3. The first kappa shape index (κ1) is 20.1. The highest BCUT2D eigenvalue weighted by atomic mass is 35.5. The van der Waals surface area contributed by atoms with Gasteiger partial charge in [-0.1, -0.05) is 49.7 Å². The van der Waals surface area contributed by atoms with Crippen molar-refractivity contribution in [2.45, 2.75) is 39.8 Å². The van der Waals surface area contributed by atoms with Crippen LogP contribution in [-0.4, -0.2) is 15.5 Å². The zero-order valence-corrected chi connectivity index (χ0v) is 17.0. The van der Waals surface area contributed by atoms with E-state index in [4.69, 9.17) is 11.6 Å². The van der Waals surface area contributed by atoms with E-state index in [1.807, 2.05) is 19.1 Å². The van der Waals surface area contributed by atoms with Crippen LogP contribution in [0.4, 0.5) is 0 Å². The first-order chi connectivity index (χ1) is 13.3. The smallest absolute Gasteiger partial charge is 0.261 e. The number of rotatable bonds is 6. The molecule has 5 nitrogen and oxygen atoms in total. The predicted molar refractivity (Wildman–Crippen MR) is 113 cm³/mol. The number of carbonyl (C=O) groups excluding carboxylic acids is 1. The molecule has 0 saturated heterocycles. The maximum atomic E-state index is 12.6. The molecule has 0 aliphatic heterocycles. The molecule has 28 heavy (non-hydrogen) atoms. The molecule has 0 bridgehead atoms. The third-order valence-electron chi connectivity index (χ3n) is 4.60. The molecule has 0 fully saturated rings. The van der Waals surface area contributed by atoms with Gasteiger partial charge in [-0.15, -0.1) is 0 Å². The zero-order valence-electron chi connectivity index (χ0n) is 16.3. The number of amides is 1. The number of hydrogen-bond donors (Lipinski definition) is 1. The van der Waals surface area contributed by atoms with Crippen molar-refractivity contribution < 1.29 is 4.79 Å². The summed E-state index contributed by atoms with van der Waals surface area (Å²) in [5, 5.41) is 3.80. The monoisotopic (exact) mass is 397 g/mol. The van der Waals surface area contributed by atoms with Crippen molar-refractivity contribution in [3.63, 3.8) is 0 Å². The molecule has 0 spiro atoms. The highest BCUT2D eigenvalue weighted by Crippen LogP contribution is 2.16. The number of nitrogens with zero attached hydrogens (tertiary/aromatic N) is 2. The maximum Gasteiger partial charge on any atom is 0.261 e. The molecule has 1 unspecified atom stereocenters. The number of carbonyl (C=O) groups is 1. The molecule has 3 rings (SSSR count). The van der Waals surface area contributed by atoms with Gasteiger partial charge in [0.25, 0.3) is 5.56 Å². The Morgan fingerprint density at radius 1 is 1.14 bits per heavy atom. The van der Waals surface area contributed by atoms with E-state index < -0.39 is 0 Å². The lowest BCUT2D eigenvalue weighted by molar-refractivity contribution is -0.122. The van der Waals surface area contributed by atoms with Crippen molar-refractivity contribution in [3.8, 4) is 0 Å². The molecule has 2 aromatic carbocycles. The molecule has 1 amide bonds. The van der Waals surface area contributed by atoms with Gasteiger partial charge in [-0.05, 0) is 48.6 Å². The number of nitrogens with one attached hydrogen (secondary N) is 1. The Kier molecular flexibility index (Phi) is 6.15. The van der Waals surface area contributed by atoms with E-state index in [1.165, 1.54) is 16.5 Å². The van der Waals surface area contributed by atoms with Crippen LogP contribution in [0.15, 0.2) is 53.6 Å². The second kappa shape index (κ2) is 8.57. The molecule has 0 radical (unpaired) electrons. The second-order valence-electron chi connectivity index (χ2n) is 7.47. The van der Waals surface area contributed by atoms with Gasteiger partial charge in [-0.2, -0.15) is 0 Å². The fourth-order valence-corrected chi connectivity index (χ4v) is 3.35. The van der Waals surface area contributed by atoms with Crippen molar-refractivity contribution >= 4 is 28.4 Å². The van der Waals surface area contributed by atoms with Crippen molar-refractivity contribution in [1.29, 1.82) is 0 Å². The Bertz CT molecular complexity index is 1040. The lowest BCUT2D eigenvalue weighted by Crippen LogP contribution is -2.34. The Morgan fingerprint density at radius 3 is 2.54 bits per heavy atom. The van der Waals surface area contributed by atoms with E-state index in [1.54, 1.807) is 18.2 Å². The second-order valence-corrected chi connectivity index (χ2v) is 7.90. The molecule has 6 heteroatoms. The van der Waals surface area contributed by atoms with Gasteiger partial charge in [0.05, 0.1) is 23.3 Å². The summed E-state index contributed by atoms with van der Waals surface area (Å²) in [7, 11) is 0. The van der Waals surface area contributed by atoms with Gasteiger partial charge in [0.2, 0.25) is 5.91 Å². The largest absolute Gasteiger partial charge is 0.348 e. The predicted octanol–water partition coefficient (Wildman–Crippen LogP) is 4.13. The maximum absolute atomic E-state index is 12.6. The van der Waals surface area contributed by atoms with Crippen molar-refractivity contribution in [2.75, 3.05) is 0 Å². The van der Waals surface area contributed by atoms with Crippen LogP contribution in [-0.2, 0) is 17.8 Å². The van der Waals surface area contributed by atoms with Gasteiger partial charge in [0.1, 0.15) is 6.54 Å². The highest BCUT2D eigenvalue weighted by molar-refractivity contribution is 6.31. The molecule has 1 heterocycles. The summed E-state index contributed by atoms with van der Waals surface area (Å²) in [5.41, 5.74) is 2.58. The van der Waals surface area contributed by atoms with Crippen LogP contribution in [0.2, 0.25) is 5.02 Å². The van der Waals surface area contributed by atoms with Crippen molar-refractivity contribution in [1.82, 2.24) is 14.9 Å². The normalized spacial score (nSPS) is 12.3. The van der Waals surface area contributed by atoms with Gasteiger partial charge in [0.15, 0.2) is 0 Å². The lowest BCUT2D eigenvalue weighted by Gasteiger charge is -2.16. The Balaban J connectivity index is 1.69. The summed E-state index contributed by atoms with van der Waals surface area (Å²) in [4.78, 5) is 29.3. The topological polar surface area (TPSA) is 64.0 Å². The molecule has 146 valence electrons. The van der Waals surface area contributed by atoms with Crippen LogP contribution in [0.25, 0.3) is 10.9 Å². The van der Waals surface area contributed by atoms with Crippen LogP contribution in [0.1, 0.15) is 37.9 Å². The molecule has 1 atom stereocenters. The summed E-state index contributed by atoms with van der Waals surface area (Å²) in [6.07, 6.45) is 2.42. The number of aromatic nitrogens is 2. The fourth-order valence-electron chi connectivity index (χ4n) is 3.18. The summed E-state index contributed by atoms with van der Waals surface area (Å²) >= 11 is 5.97. The summed E-state index contributed by atoms with van der Waals surface area (Å²) < 4.78 is 1.30. The molecule has 3 aromatic rings. The van der Waals surface area contributed by atoms with Gasteiger partial charge >= 0.3 is 0 Å². The fraction of sp³-hybridized carbons (Fsp3) is 0.318. The summed E-state index contributed by atoms with van der Waals surface area (Å²) in [5.74, 6) is 0.357. The summed E-state index contributed by atoms with van der Waals surface area (Å²) in [6.45, 7) is 6.21. The van der Waals surface area contributed by atoms with Gasteiger partial charge in [0, 0.05) is 5.02 Å². The van der Waals surface area contributed by atoms with Crippen LogP contribution in [0.3, 0.4) is 0 Å². The summed E-state index contributed by atoms with van der Waals surface area (Å²) in [6, 6.07) is 13.1. The lowest BCUT2D eigenvalue weighted by atomic mass is 10.00. The van der Waals surface area contributed by atoms with E-state index in [-0.39, 0.29) is 24.1 Å². The third kappa shape index (κ3) is 4.78. The standard InChI is InChI=1S/C22H24ClN3O2/c1-14(2)10-16-4-6-17(7-5-16)15(3)25-21(27)12-26-13-24-20-9-8-18(23)11-19(20)22(26)28/h4-9,11,13-15H,10,12H2,1-3H3,(H,25,27). The Hall–Kier alpha value is -2.66. The van der Waals surface area contributed by atoms with E-state index in [2.05, 4.69) is 36.3 Å². The Labute approximate surface area is 169 Å². The van der Waals surface area contributed by atoms with E-state index in [9.17, 15) is 9.59 Å². The SMILES string of the molecule is CC(C)Cc1ccc(C(C)NC(=O)Cn2cnc3ccc(Cl)cc3c2=O)cc1. The molecular formula is C22H24ClN3O2. The zero-order chi connectivity index (χ0) is 20.3. The molecule has 0 saturated carbocycles. The molecular weight excluding hydrogens is 374 g/mol. The quantitative estimate of drug-likeness (QED) is 0.680. The van der Waals surface area contributed by atoms with Crippen LogP contribution in [0, 0.1) is 5.92 Å². The molecule has 1 aromatic heterocycles. The van der Waals surface area contributed by atoms with E-state index >= 15 is 0 Å². The van der Waals surface area contributed by atoms with E-state index in [0.717, 1.165) is 12.0 Å². The van der Waals surface area contributed by atoms with Gasteiger partial charge < -0.3 is 5.32 Å². The average molecular weight is 398 g/mol. The van der Waals surface area contributed by atoms with E-state index in [0.29, 0.717) is 21.8 Å². The van der Waals surface area contributed by atoms with Crippen molar-refractivity contribution in [3.05, 3.63) is 75.3 Å². The van der Waals surface area contributed by atoms with Crippen LogP contribution < -0.4 is 10.9 Å². The van der Waals surface area contributed by atoms with Crippen LogP contribution >= 0.6 is 11.6 Å².